The summed E-state index contributed by atoms with van der Waals surface area (Å²) in [4.78, 5) is 8.85. The molecule has 84 valence electrons. The maximum atomic E-state index is 4.46. The molecule has 0 aliphatic heterocycles. The van der Waals surface area contributed by atoms with Crippen LogP contribution in [-0.2, 0) is 6.42 Å². The Morgan fingerprint density at radius 1 is 1.44 bits per heavy atom. The van der Waals surface area contributed by atoms with Crippen LogP contribution < -0.4 is 5.32 Å². The molecule has 7 heteroatoms. The van der Waals surface area contributed by atoms with Crippen molar-refractivity contribution < 1.29 is 0 Å². The maximum Gasteiger partial charge on any atom is 0.184 e. The van der Waals surface area contributed by atoms with Crippen LogP contribution in [0.5, 0.6) is 0 Å². The Kier molecular flexibility index (Phi) is 3.32. The summed E-state index contributed by atoms with van der Waals surface area (Å²) >= 11 is 2.24. The zero-order valence-corrected chi connectivity index (χ0v) is 11.1. The van der Waals surface area contributed by atoms with Gasteiger partial charge >= 0.3 is 0 Å². The normalized spacial score (nSPS) is 10.4. The molecule has 16 heavy (non-hydrogen) atoms. The number of halogens is 1. The molecule has 0 saturated carbocycles. The van der Waals surface area contributed by atoms with Gasteiger partial charge in [-0.1, -0.05) is 6.92 Å². The number of rotatable bonds is 3. The number of aromatic amines is 1. The van der Waals surface area contributed by atoms with Gasteiger partial charge in [0.15, 0.2) is 5.82 Å². The first-order chi connectivity index (χ1) is 7.76. The third kappa shape index (κ3) is 1.99. The van der Waals surface area contributed by atoms with Crippen LogP contribution in [0.15, 0.2) is 6.20 Å². The van der Waals surface area contributed by atoms with Gasteiger partial charge in [0.25, 0.3) is 0 Å². The van der Waals surface area contributed by atoms with Crippen LogP contribution >= 0.6 is 22.6 Å². The molecule has 0 unspecified atom stereocenters. The van der Waals surface area contributed by atoms with E-state index in [9.17, 15) is 0 Å². The third-order valence-electron chi connectivity index (χ3n) is 2.14. The number of anilines is 1. The minimum absolute atomic E-state index is 0.593. The second-order valence-corrected chi connectivity index (χ2v) is 4.19. The minimum atomic E-state index is 0.593. The Morgan fingerprint density at radius 2 is 2.25 bits per heavy atom. The average Bonchev–Trinajstić information content (AvgIpc) is 2.83. The first-order valence-corrected chi connectivity index (χ1v) is 5.94. The van der Waals surface area contributed by atoms with E-state index in [1.807, 2.05) is 7.05 Å². The molecule has 0 saturated heterocycles. The summed E-state index contributed by atoms with van der Waals surface area (Å²) in [5.41, 5.74) is 1.67. The lowest BCUT2D eigenvalue weighted by Crippen LogP contribution is -2.04. The van der Waals surface area contributed by atoms with Crippen LogP contribution in [0.4, 0.5) is 5.82 Å². The maximum absolute atomic E-state index is 4.46. The number of nitrogens with zero attached hydrogens (tertiary/aromatic N) is 4. The lowest BCUT2D eigenvalue weighted by Gasteiger charge is -2.08. The van der Waals surface area contributed by atoms with Crippen molar-refractivity contribution in [2.75, 3.05) is 12.4 Å². The number of hydrogen-bond donors (Lipinski definition) is 2. The Labute approximate surface area is 106 Å². The van der Waals surface area contributed by atoms with E-state index in [1.165, 1.54) is 0 Å². The van der Waals surface area contributed by atoms with Crippen LogP contribution in [0, 0.1) is 3.57 Å². The molecule has 0 aromatic carbocycles. The SMILES string of the molecule is CCc1nc(-c2cn[nH]n2)nc(NC)c1I. The fraction of sp³-hybridized carbons (Fsp3) is 0.333. The molecule has 2 rings (SSSR count). The second-order valence-electron chi connectivity index (χ2n) is 3.12. The smallest absolute Gasteiger partial charge is 0.184 e. The lowest BCUT2D eigenvalue weighted by atomic mass is 10.3. The van der Waals surface area contributed by atoms with E-state index in [0.29, 0.717) is 11.5 Å². The molecule has 2 heterocycles. The number of hydrogen-bond acceptors (Lipinski definition) is 5. The van der Waals surface area contributed by atoms with Gasteiger partial charge in [-0.2, -0.15) is 15.4 Å². The molecular weight excluding hydrogens is 319 g/mol. The van der Waals surface area contributed by atoms with Crippen LogP contribution in [0.3, 0.4) is 0 Å². The lowest BCUT2D eigenvalue weighted by molar-refractivity contribution is 0.932. The van der Waals surface area contributed by atoms with Gasteiger partial charge in [0.1, 0.15) is 11.5 Å². The molecule has 6 nitrogen and oxygen atoms in total. The summed E-state index contributed by atoms with van der Waals surface area (Å²) in [5.74, 6) is 1.42. The standard InChI is InChI=1S/C9H11IN6/c1-3-5-7(10)9(11-2)14-8(13-5)6-4-12-16-15-6/h4H,3H2,1-2H3,(H,11,13,14)(H,12,15,16). The van der Waals surface area contributed by atoms with Crippen molar-refractivity contribution in [3.63, 3.8) is 0 Å². The van der Waals surface area contributed by atoms with E-state index < -0.39 is 0 Å². The molecule has 0 amide bonds. The average molecular weight is 330 g/mol. The van der Waals surface area contributed by atoms with Gasteiger partial charge in [-0.05, 0) is 29.0 Å². The first-order valence-electron chi connectivity index (χ1n) is 4.86. The van der Waals surface area contributed by atoms with E-state index in [1.54, 1.807) is 6.20 Å². The molecule has 2 aromatic rings. The Balaban J connectivity index is 2.56. The molecule has 0 atom stereocenters. The van der Waals surface area contributed by atoms with Crippen molar-refractivity contribution in [2.45, 2.75) is 13.3 Å². The highest BCUT2D eigenvalue weighted by Crippen LogP contribution is 2.22. The molecule has 0 aliphatic carbocycles. The van der Waals surface area contributed by atoms with E-state index in [4.69, 9.17) is 0 Å². The van der Waals surface area contributed by atoms with Gasteiger partial charge in [-0.15, -0.1) is 0 Å². The van der Waals surface area contributed by atoms with Gasteiger partial charge in [0, 0.05) is 7.05 Å². The van der Waals surface area contributed by atoms with Crippen molar-refractivity contribution in [3.05, 3.63) is 15.5 Å². The molecule has 2 aromatic heterocycles. The van der Waals surface area contributed by atoms with Gasteiger partial charge in [0.05, 0.1) is 15.5 Å². The van der Waals surface area contributed by atoms with Crippen molar-refractivity contribution in [3.8, 4) is 11.5 Å². The summed E-state index contributed by atoms with van der Waals surface area (Å²) < 4.78 is 1.05. The first kappa shape index (κ1) is 11.2. The van der Waals surface area contributed by atoms with E-state index in [0.717, 1.165) is 21.5 Å². The quantitative estimate of drug-likeness (QED) is 0.833. The zero-order chi connectivity index (χ0) is 11.5. The number of H-pyrrole nitrogens is 1. The molecule has 0 radical (unpaired) electrons. The summed E-state index contributed by atoms with van der Waals surface area (Å²) in [7, 11) is 1.84. The van der Waals surface area contributed by atoms with E-state index in [2.05, 4.69) is 60.2 Å². The van der Waals surface area contributed by atoms with Crippen molar-refractivity contribution in [2.24, 2.45) is 0 Å². The fourth-order valence-electron chi connectivity index (χ4n) is 1.32. The molecule has 0 bridgehead atoms. The summed E-state index contributed by atoms with van der Waals surface area (Å²) in [6.45, 7) is 2.07. The van der Waals surface area contributed by atoms with Crippen LogP contribution in [0.1, 0.15) is 12.6 Å². The Bertz CT molecular complexity index is 456. The van der Waals surface area contributed by atoms with E-state index in [-0.39, 0.29) is 0 Å². The van der Waals surface area contributed by atoms with Crippen molar-refractivity contribution >= 4 is 28.4 Å². The third-order valence-corrected chi connectivity index (χ3v) is 3.27. The van der Waals surface area contributed by atoms with Gasteiger partial charge < -0.3 is 5.32 Å². The molecule has 0 spiro atoms. The largest absolute Gasteiger partial charge is 0.372 e. The Hall–Kier alpha value is -1.25. The highest BCUT2D eigenvalue weighted by atomic mass is 127. The van der Waals surface area contributed by atoms with Crippen molar-refractivity contribution in [1.29, 1.82) is 0 Å². The Morgan fingerprint density at radius 3 is 2.81 bits per heavy atom. The molecule has 0 aliphatic rings. The predicted octanol–water partition coefficient (Wildman–Crippen LogP) is 1.47. The molecule has 2 N–H and O–H groups in total. The van der Waals surface area contributed by atoms with E-state index >= 15 is 0 Å². The van der Waals surface area contributed by atoms with Crippen LogP contribution in [0.25, 0.3) is 11.5 Å². The monoisotopic (exact) mass is 330 g/mol. The topological polar surface area (TPSA) is 79.4 Å². The number of aromatic nitrogens is 5. The number of nitrogens with one attached hydrogen (secondary N) is 2. The van der Waals surface area contributed by atoms with Crippen molar-refractivity contribution in [1.82, 2.24) is 25.4 Å². The minimum Gasteiger partial charge on any atom is -0.372 e. The second kappa shape index (κ2) is 4.73. The van der Waals surface area contributed by atoms with Gasteiger partial charge in [-0.3, -0.25) is 0 Å². The van der Waals surface area contributed by atoms with Gasteiger partial charge in [-0.25, -0.2) is 9.97 Å². The highest BCUT2D eigenvalue weighted by molar-refractivity contribution is 14.1. The summed E-state index contributed by atoms with van der Waals surface area (Å²) in [6, 6.07) is 0. The summed E-state index contributed by atoms with van der Waals surface area (Å²) in [5, 5.41) is 13.3. The van der Waals surface area contributed by atoms with Gasteiger partial charge in [0.2, 0.25) is 0 Å². The summed E-state index contributed by atoms with van der Waals surface area (Å²) in [6.07, 6.45) is 2.47. The zero-order valence-electron chi connectivity index (χ0n) is 8.95. The predicted molar refractivity (Wildman–Crippen MR) is 69.1 cm³/mol. The van der Waals surface area contributed by atoms with Crippen LogP contribution in [0.2, 0.25) is 0 Å². The highest BCUT2D eigenvalue weighted by Gasteiger charge is 2.12. The molecular formula is C9H11IN6. The fourth-order valence-corrected chi connectivity index (χ4v) is 2.21. The van der Waals surface area contributed by atoms with Crippen LogP contribution in [-0.4, -0.2) is 32.4 Å². The molecule has 0 fully saturated rings. The number of aryl methyl sites for hydroxylation is 1.